The second-order valence-corrected chi connectivity index (χ2v) is 14.3. The number of methoxy groups -OCH3 is 1. The molecule has 5 aromatic rings. The van der Waals surface area contributed by atoms with Crippen LogP contribution in [0.5, 0.6) is 17.2 Å². The predicted octanol–water partition coefficient (Wildman–Crippen LogP) is 8.05. The zero-order valence-corrected chi connectivity index (χ0v) is 31.0. The Labute approximate surface area is 322 Å². The maximum absolute atomic E-state index is 13.1. The van der Waals surface area contributed by atoms with Crippen LogP contribution in [0, 0.1) is 5.92 Å². The molecule has 1 aliphatic heterocycles. The van der Waals surface area contributed by atoms with E-state index < -0.39 is 23.7 Å². The van der Waals surface area contributed by atoms with Crippen LogP contribution in [0.4, 0.5) is 18.9 Å². The number of unbranched alkanes of at least 4 members (excludes halogenated alkanes) is 2. The number of nitrogens with one attached hydrogen (secondary N) is 3. The number of aryl methyl sites for hydroxylation is 1. The number of hydrogen-bond acceptors (Lipinski definition) is 8. The van der Waals surface area contributed by atoms with Crippen molar-refractivity contribution in [2.24, 2.45) is 5.92 Å². The second kappa shape index (κ2) is 16.9. The van der Waals surface area contributed by atoms with Crippen LogP contribution in [-0.4, -0.2) is 52.7 Å². The summed E-state index contributed by atoms with van der Waals surface area (Å²) in [6, 6.07) is 20.1. The van der Waals surface area contributed by atoms with Crippen molar-refractivity contribution < 1.29 is 37.0 Å². The maximum atomic E-state index is 13.1. The molecular weight excluding hydrogens is 725 g/mol. The Kier molecular flexibility index (Phi) is 11.7. The number of carbonyl (C=O) groups is 3. The van der Waals surface area contributed by atoms with Crippen molar-refractivity contribution in [3.63, 3.8) is 0 Å². The monoisotopic (exact) mass is 768 g/mol. The summed E-state index contributed by atoms with van der Waals surface area (Å²) in [5.74, 6) is 0.571. The van der Waals surface area contributed by atoms with Gasteiger partial charge in [-0.25, -0.2) is 4.98 Å². The quantitative estimate of drug-likeness (QED) is 0.0763. The van der Waals surface area contributed by atoms with E-state index in [2.05, 4.69) is 20.9 Å². The predicted molar refractivity (Wildman–Crippen MR) is 204 cm³/mol. The minimum atomic E-state index is -4.66. The molecule has 1 fully saturated rings. The first-order chi connectivity index (χ1) is 27.1. The normalized spacial score (nSPS) is 17.0. The Morgan fingerprint density at radius 2 is 1.71 bits per heavy atom. The molecule has 0 radical (unpaired) electrons. The average Bonchev–Trinajstić information content (AvgIpc) is 3.60. The molecule has 0 saturated heterocycles. The lowest BCUT2D eigenvalue weighted by molar-refractivity contribution is -0.141. The fourth-order valence-electron chi connectivity index (χ4n) is 7.49. The van der Waals surface area contributed by atoms with Gasteiger partial charge in [-0.1, -0.05) is 42.8 Å². The number of hydrogen-bond donors (Lipinski definition) is 3. The summed E-state index contributed by atoms with van der Waals surface area (Å²) in [4.78, 5) is 40.7. The first kappa shape index (κ1) is 38.5. The number of nitrogens with zero attached hydrogens (tertiary/aromatic N) is 3. The van der Waals surface area contributed by atoms with Crippen molar-refractivity contribution in [1.29, 1.82) is 0 Å². The van der Waals surface area contributed by atoms with Crippen molar-refractivity contribution in [1.82, 2.24) is 25.4 Å². The van der Waals surface area contributed by atoms with Gasteiger partial charge >= 0.3 is 6.18 Å². The van der Waals surface area contributed by atoms with E-state index in [0.717, 1.165) is 87.5 Å². The molecular formula is C42H43F3N6O5. The molecule has 3 amide bonds. The van der Waals surface area contributed by atoms with E-state index in [1.165, 1.54) is 13.2 Å². The summed E-state index contributed by atoms with van der Waals surface area (Å²) in [5, 5.41) is 14.3. The minimum absolute atomic E-state index is 0.154. The highest BCUT2D eigenvalue weighted by atomic mass is 19.4. The highest BCUT2D eigenvalue weighted by molar-refractivity contribution is 6.11. The van der Waals surface area contributed by atoms with Gasteiger partial charge in [-0.2, -0.15) is 18.3 Å². The standard InChI is InChI=1S/C42H43F3N6O5/c1-55-36-23-32-29(21-33(36)48-40(53)31-12-8-15-37(47-31)42(43,44)45)25-51(50-32)30-18-16-26(17-19-30)24-46-20-6-2-3-9-27-10-4-5-13-34(27)56-35-14-7-11-28-22-38(52)49-41(54)39(28)35/h4-5,7-8,10-15,21,23,25-26,30,46H,2-3,6,9,16-20,22,24H2,1H3,(H,48,53)(H,49,52,54). The SMILES string of the molecule is COc1cc2nn(C3CCC(CNCCCCCc4ccccc4Oc4cccc5c4C(=O)NC(=O)C5)CC3)cc2cc1NC(=O)c1cccc(C(F)(F)F)n1. The van der Waals surface area contributed by atoms with Crippen LogP contribution in [0.25, 0.3) is 10.9 Å². The number of fused-ring (bicyclic) bond motifs is 2. The molecule has 3 N–H and O–H groups in total. The smallest absolute Gasteiger partial charge is 0.433 e. The number of aromatic nitrogens is 3. The first-order valence-electron chi connectivity index (χ1n) is 18.9. The van der Waals surface area contributed by atoms with E-state index >= 15 is 0 Å². The zero-order valence-electron chi connectivity index (χ0n) is 31.0. The Morgan fingerprint density at radius 3 is 2.52 bits per heavy atom. The largest absolute Gasteiger partial charge is 0.494 e. The van der Waals surface area contributed by atoms with Gasteiger partial charge in [-0.05, 0) is 105 Å². The van der Waals surface area contributed by atoms with Crippen LogP contribution in [0.2, 0.25) is 0 Å². The molecule has 2 aliphatic rings. The van der Waals surface area contributed by atoms with Gasteiger partial charge in [0.25, 0.3) is 11.8 Å². The topological polar surface area (TPSA) is 136 Å². The van der Waals surface area contributed by atoms with Crippen molar-refractivity contribution in [2.45, 2.75) is 70.0 Å². The van der Waals surface area contributed by atoms with Gasteiger partial charge in [0.2, 0.25) is 5.91 Å². The number of imide groups is 1. The lowest BCUT2D eigenvalue weighted by Gasteiger charge is -2.28. The van der Waals surface area contributed by atoms with E-state index in [1.807, 2.05) is 35.1 Å². The number of amides is 3. The van der Waals surface area contributed by atoms with E-state index in [4.69, 9.17) is 14.6 Å². The van der Waals surface area contributed by atoms with Gasteiger partial charge in [-0.15, -0.1) is 0 Å². The molecule has 3 aromatic carbocycles. The number of pyridine rings is 1. The summed E-state index contributed by atoms with van der Waals surface area (Å²) in [5.41, 5.74) is 1.68. The van der Waals surface area contributed by atoms with E-state index in [9.17, 15) is 27.6 Å². The van der Waals surface area contributed by atoms with Crippen LogP contribution in [-0.2, 0) is 23.8 Å². The van der Waals surface area contributed by atoms with Crippen molar-refractivity contribution in [3.8, 4) is 17.2 Å². The van der Waals surface area contributed by atoms with Crippen LogP contribution in [0.1, 0.15) is 88.7 Å². The van der Waals surface area contributed by atoms with Crippen LogP contribution < -0.4 is 25.4 Å². The number of halogens is 3. The number of anilines is 1. The molecule has 11 nitrogen and oxygen atoms in total. The third-order valence-corrected chi connectivity index (χ3v) is 10.4. The van der Waals surface area contributed by atoms with E-state index in [-0.39, 0.29) is 24.1 Å². The van der Waals surface area contributed by atoms with E-state index in [1.54, 1.807) is 30.3 Å². The summed E-state index contributed by atoms with van der Waals surface area (Å²) in [6.07, 6.45) is 5.51. The number of para-hydroxylation sites is 1. The number of ether oxygens (including phenoxy) is 2. The molecule has 7 rings (SSSR count). The summed E-state index contributed by atoms with van der Waals surface area (Å²) < 4.78 is 53.1. The van der Waals surface area contributed by atoms with Crippen molar-refractivity contribution >= 4 is 34.3 Å². The Bertz CT molecular complexity index is 2230. The van der Waals surface area contributed by atoms with Crippen LogP contribution >= 0.6 is 0 Å². The fraction of sp³-hybridized carbons (Fsp3) is 0.357. The van der Waals surface area contributed by atoms with Gasteiger partial charge in [-0.3, -0.25) is 24.4 Å². The summed E-state index contributed by atoms with van der Waals surface area (Å²) in [6.45, 7) is 1.91. The Balaban J connectivity index is 0.845. The minimum Gasteiger partial charge on any atom is -0.494 e. The lowest BCUT2D eigenvalue weighted by atomic mass is 9.86. The Morgan fingerprint density at radius 1 is 0.929 bits per heavy atom. The van der Waals surface area contributed by atoms with Gasteiger partial charge in [0, 0.05) is 17.6 Å². The van der Waals surface area contributed by atoms with Gasteiger partial charge in [0.1, 0.15) is 28.6 Å². The first-order valence-corrected chi connectivity index (χ1v) is 18.9. The third-order valence-electron chi connectivity index (χ3n) is 10.4. The molecule has 0 bridgehead atoms. The summed E-state index contributed by atoms with van der Waals surface area (Å²) in [7, 11) is 1.45. The molecule has 14 heteroatoms. The van der Waals surface area contributed by atoms with Crippen molar-refractivity contribution in [2.75, 3.05) is 25.5 Å². The zero-order chi connectivity index (χ0) is 39.2. The van der Waals surface area contributed by atoms with Crippen LogP contribution in [0.15, 0.2) is 79.0 Å². The Hall–Kier alpha value is -5.76. The van der Waals surface area contributed by atoms with Crippen LogP contribution in [0.3, 0.4) is 0 Å². The second-order valence-electron chi connectivity index (χ2n) is 14.3. The van der Waals surface area contributed by atoms with Gasteiger partial charge in [0.15, 0.2) is 0 Å². The molecule has 0 spiro atoms. The molecule has 292 valence electrons. The molecule has 1 aliphatic carbocycles. The molecule has 0 unspecified atom stereocenters. The molecule has 2 aromatic heterocycles. The number of rotatable bonds is 14. The third kappa shape index (κ3) is 9.02. The number of carbonyl (C=O) groups excluding carboxylic acids is 3. The molecule has 3 heterocycles. The molecule has 56 heavy (non-hydrogen) atoms. The summed E-state index contributed by atoms with van der Waals surface area (Å²) >= 11 is 0. The number of benzene rings is 3. The van der Waals surface area contributed by atoms with Crippen molar-refractivity contribution in [3.05, 3.63) is 107 Å². The van der Waals surface area contributed by atoms with E-state index in [0.29, 0.717) is 45.5 Å². The fourth-order valence-corrected chi connectivity index (χ4v) is 7.49. The highest BCUT2D eigenvalue weighted by Gasteiger charge is 2.33. The van der Waals surface area contributed by atoms with Gasteiger partial charge in [0.05, 0.1) is 36.3 Å². The van der Waals surface area contributed by atoms with Gasteiger partial charge < -0.3 is 20.1 Å². The lowest BCUT2D eigenvalue weighted by Crippen LogP contribution is -2.37. The highest BCUT2D eigenvalue weighted by Crippen LogP contribution is 2.36. The average molecular weight is 769 g/mol. The molecule has 0 atom stereocenters. The maximum Gasteiger partial charge on any atom is 0.433 e. The number of alkyl halides is 3. The molecule has 1 saturated carbocycles.